The number of hydrogen-bond donors (Lipinski definition) is 2. The molecule has 0 amide bonds. The number of likely N-dealkylation sites (tertiary alicyclic amines) is 1. The average molecular weight is 465 g/mol. The van der Waals surface area contributed by atoms with E-state index in [2.05, 4.69) is 51.9 Å². The maximum Gasteiger partial charge on any atom is 0.151 e. The monoisotopic (exact) mass is 464 g/mol. The van der Waals surface area contributed by atoms with Crippen LogP contribution in [0.25, 0.3) is 11.3 Å². The van der Waals surface area contributed by atoms with Crippen LogP contribution < -0.4 is 10.1 Å². The molecule has 8 nitrogen and oxygen atoms in total. The molecule has 4 heterocycles. The van der Waals surface area contributed by atoms with Gasteiger partial charge in [-0.3, -0.25) is 9.47 Å². The normalized spacial score (nSPS) is 20.0. The van der Waals surface area contributed by atoms with Gasteiger partial charge in [0.05, 0.1) is 24.6 Å². The van der Waals surface area contributed by atoms with E-state index in [0.717, 1.165) is 92.9 Å². The fraction of sp³-hybridized carbons (Fsp3) is 0.538. The van der Waals surface area contributed by atoms with Gasteiger partial charge < -0.3 is 25.1 Å². The molecule has 0 saturated carbocycles. The van der Waals surface area contributed by atoms with E-state index in [0.29, 0.717) is 18.7 Å². The van der Waals surface area contributed by atoms with Crippen LogP contribution in [0.4, 0.5) is 0 Å². The van der Waals surface area contributed by atoms with Crippen molar-refractivity contribution in [2.45, 2.75) is 51.9 Å². The molecule has 2 N–H and O–H groups in total. The quantitative estimate of drug-likeness (QED) is 0.614. The molecule has 0 aliphatic carbocycles. The van der Waals surface area contributed by atoms with Crippen LogP contribution in [0.1, 0.15) is 43.8 Å². The summed E-state index contributed by atoms with van der Waals surface area (Å²) >= 11 is 0. The van der Waals surface area contributed by atoms with Crippen molar-refractivity contribution in [2.24, 2.45) is 0 Å². The molecule has 1 aromatic carbocycles. The van der Waals surface area contributed by atoms with E-state index in [1.54, 1.807) is 0 Å². The molecule has 0 radical (unpaired) electrons. The van der Waals surface area contributed by atoms with E-state index < -0.39 is 0 Å². The highest BCUT2D eigenvalue weighted by Gasteiger charge is 2.22. The summed E-state index contributed by atoms with van der Waals surface area (Å²) in [7, 11) is 0. The third kappa shape index (κ3) is 5.04. The van der Waals surface area contributed by atoms with E-state index in [9.17, 15) is 0 Å². The molecule has 182 valence electrons. The lowest BCUT2D eigenvalue weighted by Crippen LogP contribution is -2.43. The number of benzene rings is 1. The summed E-state index contributed by atoms with van der Waals surface area (Å²) in [6, 6.07) is 7.25. The first-order chi connectivity index (χ1) is 16.6. The third-order valence-corrected chi connectivity index (χ3v) is 7.12. The second-order valence-electron chi connectivity index (χ2n) is 9.69. The largest absolute Gasteiger partial charge is 0.483 e. The molecule has 2 saturated heterocycles. The van der Waals surface area contributed by atoms with Crippen molar-refractivity contribution in [3.8, 4) is 11.4 Å². The van der Waals surface area contributed by atoms with Crippen molar-refractivity contribution < 1.29 is 9.47 Å². The van der Waals surface area contributed by atoms with Crippen LogP contribution in [0.2, 0.25) is 0 Å². The van der Waals surface area contributed by atoms with Crippen molar-refractivity contribution >= 4 is 11.8 Å². The number of hydrogen-bond acceptors (Lipinski definition) is 7. The molecule has 2 fully saturated rings. The molecule has 0 bridgehead atoms. The maximum absolute atomic E-state index is 7.97. The molecule has 3 aliphatic heterocycles. The predicted molar refractivity (Wildman–Crippen MR) is 134 cm³/mol. The number of aromatic nitrogens is 2. The summed E-state index contributed by atoms with van der Waals surface area (Å²) in [5.41, 5.74) is 3.91. The lowest BCUT2D eigenvalue weighted by Gasteiger charge is -2.34. The predicted octanol–water partition coefficient (Wildman–Crippen LogP) is 3.05. The lowest BCUT2D eigenvalue weighted by atomic mass is 10.0. The zero-order valence-corrected chi connectivity index (χ0v) is 20.3. The minimum atomic E-state index is 0.454. The molecule has 5 rings (SSSR count). The van der Waals surface area contributed by atoms with Crippen molar-refractivity contribution in [3.63, 3.8) is 0 Å². The fourth-order valence-corrected chi connectivity index (χ4v) is 5.00. The molecule has 0 unspecified atom stereocenters. The minimum absolute atomic E-state index is 0.454. The summed E-state index contributed by atoms with van der Waals surface area (Å²) in [4.78, 5) is 9.71. The number of allylic oxidation sites excluding steroid dienone is 1. The van der Waals surface area contributed by atoms with Gasteiger partial charge in [-0.05, 0) is 44.4 Å². The number of morpholine rings is 1. The smallest absolute Gasteiger partial charge is 0.151 e. The van der Waals surface area contributed by atoms with Gasteiger partial charge in [-0.25, -0.2) is 4.98 Å². The molecule has 1 aromatic heterocycles. The number of nitrogens with zero attached hydrogens (tertiary/aromatic N) is 4. The first-order valence-electron chi connectivity index (χ1n) is 12.5. The van der Waals surface area contributed by atoms with Gasteiger partial charge in [-0.2, -0.15) is 0 Å². The van der Waals surface area contributed by atoms with Crippen molar-refractivity contribution in [3.05, 3.63) is 47.7 Å². The van der Waals surface area contributed by atoms with Gasteiger partial charge in [0.15, 0.2) is 5.82 Å². The van der Waals surface area contributed by atoms with Crippen molar-refractivity contribution in [2.75, 3.05) is 39.4 Å². The Balaban J connectivity index is 1.27. The molecule has 0 spiro atoms. The Morgan fingerprint density at radius 2 is 2.00 bits per heavy atom. The van der Waals surface area contributed by atoms with Gasteiger partial charge in [0.25, 0.3) is 0 Å². The highest BCUT2D eigenvalue weighted by Crippen LogP contribution is 2.32. The summed E-state index contributed by atoms with van der Waals surface area (Å²) in [5, 5.41) is 11.5. The van der Waals surface area contributed by atoms with E-state index in [1.807, 2.05) is 12.3 Å². The van der Waals surface area contributed by atoms with Crippen LogP contribution in [0, 0.1) is 5.41 Å². The van der Waals surface area contributed by atoms with Crippen molar-refractivity contribution in [1.82, 2.24) is 24.7 Å². The Labute approximate surface area is 202 Å². The number of piperidine rings is 1. The number of rotatable bonds is 7. The summed E-state index contributed by atoms with van der Waals surface area (Å²) in [5.74, 6) is 1.76. The van der Waals surface area contributed by atoms with Crippen LogP contribution in [0.3, 0.4) is 0 Å². The average Bonchev–Trinajstić information content (AvgIpc) is 3.28. The van der Waals surface area contributed by atoms with E-state index >= 15 is 0 Å². The number of imidazole rings is 1. The molecule has 8 heteroatoms. The Kier molecular flexibility index (Phi) is 6.99. The number of fused-ring (bicyclic) bond motifs is 3. The summed E-state index contributed by atoms with van der Waals surface area (Å²) < 4.78 is 13.7. The Morgan fingerprint density at radius 3 is 2.74 bits per heavy atom. The zero-order chi connectivity index (χ0) is 23.5. The number of ether oxygens (including phenoxy) is 2. The minimum Gasteiger partial charge on any atom is -0.483 e. The summed E-state index contributed by atoms with van der Waals surface area (Å²) in [6.07, 6.45) is 7.80. The molecule has 0 atom stereocenters. The van der Waals surface area contributed by atoms with Gasteiger partial charge in [-0.15, -0.1) is 0 Å². The van der Waals surface area contributed by atoms with Gasteiger partial charge in [0, 0.05) is 69.0 Å². The SMILES string of the molecule is CC(C)N1CCC(N/C=C(\C=N)c2ccc3c(c2)OCc2nc(CN4CCOCC4)cn2-3)CC1. The Bertz CT molecular complexity index is 1030. The topological polar surface area (TPSA) is 78.6 Å². The Morgan fingerprint density at radius 1 is 1.21 bits per heavy atom. The van der Waals surface area contributed by atoms with Gasteiger partial charge in [-0.1, -0.05) is 6.07 Å². The molecule has 3 aliphatic rings. The molecular formula is C26H36N6O2. The third-order valence-electron chi connectivity index (χ3n) is 7.12. The van der Waals surface area contributed by atoms with E-state index in [-0.39, 0.29) is 0 Å². The molecular weight excluding hydrogens is 428 g/mol. The van der Waals surface area contributed by atoms with Crippen LogP contribution in [-0.2, 0) is 17.9 Å². The van der Waals surface area contributed by atoms with Crippen LogP contribution in [-0.4, -0.2) is 77.0 Å². The maximum atomic E-state index is 7.97. The first-order valence-corrected chi connectivity index (χ1v) is 12.5. The second-order valence-corrected chi connectivity index (χ2v) is 9.69. The van der Waals surface area contributed by atoms with E-state index in [4.69, 9.17) is 19.9 Å². The summed E-state index contributed by atoms with van der Waals surface area (Å²) in [6.45, 7) is 11.5. The zero-order valence-electron chi connectivity index (χ0n) is 20.3. The standard InChI is InChI=1S/C26H36N6O2/c1-19(2)31-7-5-22(6-8-31)28-15-21(14-27)20-3-4-24-25(13-20)34-18-26-29-23(17-32(24)26)16-30-9-11-33-12-10-30/h3-4,13-15,17,19,22,27-28H,5-12,16,18H2,1-2H3/b21-15+,27-14?. The van der Waals surface area contributed by atoms with Gasteiger partial charge >= 0.3 is 0 Å². The van der Waals surface area contributed by atoms with E-state index in [1.165, 1.54) is 6.21 Å². The van der Waals surface area contributed by atoms with Crippen LogP contribution in [0.5, 0.6) is 5.75 Å². The fourth-order valence-electron chi connectivity index (χ4n) is 5.00. The van der Waals surface area contributed by atoms with Gasteiger partial charge in [0.2, 0.25) is 0 Å². The number of nitrogens with one attached hydrogen (secondary N) is 2. The van der Waals surface area contributed by atoms with Crippen LogP contribution in [0.15, 0.2) is 30.6 Å². The molecule has 2 aromatic rings. The molecule has 34 heavy (non-hydrogen) atoms. The Hall–Kier alpha value is -2.68. The van der Waals surface area contributed by atoms with Crippen molar-refractivity contribution in [1.29, 1.82) is 5.41 Å². The lowest BCUT2D eigenvalue weighted by molar-refractivity contribution is 0.0337. The van der Waals surface area contributed by atoms with Crippen LogP contribution >= 0.6 is 0 Å². The first kappa shape index (κ1) is 23.1. The highest BCUT2D eigenvalue weighted by atomic mass is 16.5. The highest BCUT2D eigenvalue weighted by molar-refractivity contribution is 6.08. The van der Waals surface area contributed by atoms with Gasteiger partial charge in [0.1, 0.15) is 12.4 Å². The second kappa shape index (κ2) is 10.3.